The van der Waals surface area contributed by atoms with E-state index >= 15 is 0 Å². The van der Waals surface area contributed by atoms with Crippen LogP contribution in [-0.4, -0.2) is 51.7 Å². The minimum absolute atomic E-state index is 0.0958. The summed E-state index contributed by atoms with van der Waals surface area (Å²) in [4.78, 5) is 32.3. The predicted molar refractivity (Wildman–Crippen MR) is 138 cm³/mol. The SMILES string of the molecule is COC/C=C/C(=O)N1CCC(n2c(=O)n(-c3ccc(Oc4ccccc4)cc3)c3c(N)nccc32)C1. The number of rotatable bonds is 7. The number of amides is 1. The largest absolute Gasteiger partial charge is 0.457 e. The Kier molecular flexibility index (Phi) is 6.55. The highest BCUT2D eigenvalue weighted by atomic mass is 16.5. The predicted octanol–water partition coefficient (Wildman–Crippen LogP) is 3.54. The molecule has 0 aliphatic carbocycles. The van der Waals surface area contributed by atoms with Gasteiger partial charge in [0.25, 0.3) is 0 Å². The van der Waals surface area contributed by atoms with E-state index in [1.54, 1.807) is 39.5 Å². The molecule has 0 spiro atoms. The van der Waals surface area contributed by atoms with E-state index in [0.717, 1.165) is 5.75 Å². The smallest absolute Gasteiger partial charge is 0.334 e. The molecule has 9 heteroatoms. The second-order valence-electron chi connectivity index (χ2n) is 8.55. The van der Waals surface area contributed by atoms with E-state index < -0.39 is 0 Å². The number of para-hydroxylation sites is 1. The molecule has 1 aliphatic rings. The van der Waals surface area contributed by atoms with Gasteiger partial charge in [-0.3, -0.25) is 13.9 Å². The summed E-state index contributed by atoms with van der Waals surface area (Å²) in [6.07, 6.45) is 5.46. The minimum Gasteiger partial charge on any atom is -0.457 e. The van der Waals surface area contributed by atoms with Crippen molar-refractivity contribution < 1.29 is 14.3 Å². The Hall–Kier alpha value is -4.37. The molecule has 0 bridgehead atoms. The van der Waals surface area contributed by atoms with E-state index in [1.807, 2.05) is 54.6 Å². The summed E-state index contributed by atoms with van der Waals surface area (Å²) in [5, 5.41) is 0. The third-order valence-electron chi connectivity index (χ3n) is 6.25. The van der Waals surface area contributed by atoms with Crippen LogP contribution in [0.15, 0.2) is 83.8 Å². The average Bonchev–Trinajstić information content (AvgIpc) is 3.48. The van der Waals surface area contributed by atoms with Gasteiger partial charge in [0.15, 0.2) is 0 Å². The zero-order chi connectivity index (χ0) is 25.1. The lowest BCUT2D eigenvalue weighted by Crippen LogP contribution is -2.31. The number of anilines is 1. The molecule has 1 aliphatic heterocycles. The van der Waals surface area contributed by atoms with Crippen LogP contribution in [0.2, 0.25) is 0 Å². The van der Waals surface area contributed by atoms with Crippen molar-refractivity contribution >= 4 is 22.8 Å². The van der Waals surface area contributed by atoms with E-state index in [4.69, 9.17) is 15.2 Å². The number of carbonyl (C=O) groups excluding carboxylic acids is 1. The van der Waals surface area contributed by atoms with Crippen LogP contribution in [0.1, 0.15) is 12.5 Å². The van der Waals surface area contributed by atoms with E-state index in [-0.39, 0.29) is 23.5 Å². The van der Waals surface area contributed by atoms with Gasteiger partial charge >= 0.3 is 5.69 Å². The fourth-order valence-corrected chi connectivity index (χ4v) is 4.57. The van der Waals surface area contributed by atoms with E-state index in [0.29, 0.717) is 48.6 Å². The summed E-state index contributed by atoms with van der Waals surface area (Å²) in [6, 6.07) is 18.4. The molecule has 2 aromatic heterocycles. The summed E-state index contributed by atoms with van der Waals surface area (Å²) in [7, 11) is 1.58. The first kappa shape index (κ1) is 23.4. The number of likely N-dealkylation sites (tertiary alicyclic amines) is 1. The minimum atomic E-state index is -0.226. The van der Waals surface area contributed by atoms with Gasteiger partial charge in [-0.2, -0.15) is 0 Å². The molecule has 3 heterocycles. The lowest BCUT2D eigenvalue weighted by molar-refractivity contribution is -0.125. The van der Waals surface area contributed by atoms with Crippen LogP contribution in [0.4, 0.5) is 5.82 Å². The van der Waals surface area contributed by atoms with Crippen LogP contribution in [0.25, 0.3) is 16.7 Å². The van der Waals surface area contributed by atoms with Gasteiger partial charge in [-0.25, -0.2) is 9.78 Å². The summed E-state index contributed by atoms with van der Waals surface area (Å²) in [5.74, 6) is 1.55. The second-order valence-corrected chi connectivity index (χ2v) is 8.55. The van der Waals surface area contributed by atoms with E-state index in [2.05, 4.69) is 4.98 Å². The van der Waals surface area contributed by atoms with Crippen molar-refractivity contribution in [2.75, 3.05) is 32.5 Å². The molecule has 2 aromatic carbocycles. The Morgan fingerprint density at radius 3 is 2.61 bits per heavy atom. The highest BCUT2D eigenvalue weighted by Gasteiger charge is 2.30. The number of nitrogens with two attached hydrogens (primary N) is 1. The normalized spacial score (nSPS) is 15.7. The topological polar surface area (TPSA) is 105 Å². The van der Waals surface area contributed by atoms with Crippen molar-refractivity contribution in [3.63, 3.8) is 0 Å². The first-order valence-corrected chi connectivity index (χ1v) is 11.7. The number of fused-ring (bicyclic) bond motifs is 1. The number of hydrogen-bond acceptors (Lipinski definition) is 6. The lowest BCUT2D eigenvalue weighted by atomic mass is 10.2. The number of nitrogens with zero attached hydrogens (tertiary/aromatic N) is 4. The molecule has 1 unspecified atom stereocenters. The van der Waals surface area contributed by atoms with E-state index in [9.17, 15) is 9.59 Å². The van der Waals surface area contributed by atoms with Gasteiger partial charge in [0.05, 0.1) is 23.9 Å². The van der Waals surface area contributed by atoms with Crippen LogP contribution in [0.5, 0.6) is 11.5 Å². The Morgan fingerprint density at radius 2 is 1.86 bits per heavy atom. The Balaban J connectivity index is 1.48. The molecule has 1 fully saturated rings. The fraction of sp³-hybridized carbons (Fsp3) is 0.222. The van der Waals surface area contributed by atoms with Crippen LogP contribution >= 0.6 is 0 Å². The number of methoxy groups -OCH3 is 1. The fourth-order valence-electron chi connectivity index (χ4n) is 4.57. The molecule has 0 saturated carbocycles. The maximum Gasteiger partial charge on any atom is 0.334 e. The van der Waals surface area contributed by atoms with Gasteiger partial charge in [-0.1, -0.05) is 24.3 Å². The Labute approximate surface area is 208 Å². The highest BCUT2D eigenvalue weighted by molar-refractivity contribution is 5.88. The first-order valence-electron chi connectivity index (χ1n) is 11.7. The summed E-state index contributed by atoms with van der Waals surface area (Å²) in [6.45, 7) is 1.37. The summed E-state index contributed by atoms with van der Waals surface area (Å²) in [5.41, 5.74) is 7.91. The average molecular weight is 486 g/mol. The molecule has 9 nitrogen and oxygen atoms in total. The van der Waals surface area contributed by atoms with Crippen molar-refractivity contribution in [1.82, 2.24) is 19.0 Å². The van der Waals surface area contributed by atoms with Crippen molar-refractivity contribution in [3.05, 3.63) is 89.5 Å². The van der Waals surface area contributed by atoms with Crippen molar-refractivity contribution in [1.29, 1.82) is 0 Å². The quantitative estimate of drug-likeness (QED) is 0.402. The van der Waals surface area contributed by atoms with Crippen LogP contribution < -0.4 is 16.2 Å². The number of benzene rings is 2. The summed E-state index contributed by atoms with van der Waals surface area (Å²) >= 11 is 0. The van der Waals surface area contributed by atoms with Crippen molar-refractivity contribution in [2.45, 2.75) is 12.5 Å². The van der Waals surface area contributed by atoms with Gasteiger partial charge in [-0.15, -0.1) is 0 Å². The Bertz CT molecular complexity index is 1460. The monoisotopic (exact) mass is 485 g/mol. The van der Waals surface area contributed by atoms with Crippen molar-refractivity contribution in [3.8, 4) is 17.2 Å². The van der Waals surface area contributed by atoms with Crippen LogP contribution in [0, 0.1) is 0 Å². The lowest BCUT2D eigenvalue weighted by Gasteiger charge is -2.15. The molecular weight excluding hydrogens is 458 g/mol. The van der Waals surface area contributed by atoms with Crippen LogP contribution in [-0.2, 0) is 9.53 Å². The molecule has 184 valence electrons. The van der Waals surface area contributed by atoms with Gasteiger partial charge in [0.2, 0.25) is 5.91 Å². The van der Waals surface area contributed by atoms with Gasteiger partial charge in [0.1, 0.15) is 22.8 Å². The number of carbonyl (C=O) groups is 1. The van der Waals surface area contributed by atoms with Crippen LogP contribution in [0.3, 0.4) is 0 Å². The molecule has 1 amide bonds. The molecule has 5 rings (SSSR count). The zero-order valence-corrected chi connectivity index (χ0v) is 19.9. The number of pyridine rings is 1. The molecular formula is C27H27N5O4. The van der Waals surface area contributed by atoms with Gasteiger partial charge < -0.3 is 20.1 Å². The van der Waals surface area contributed by atoms with Gasteiger partial charge in [-0.05, 0) is 48.9 Å². The third kappa shape index (κ3) is 4.48. The Morgan fingerprint density at radius 1 is 1.11 bits per heavy atom. The molecule has 0 radical (unpaired) electrons. The third-order valence-corrected chi connectivity index (χ3v) is 6.25. The van der Waals surface area contributed by atoms with Crippen molar-refractivity contribution in [2.24, 2.45) is 0 Å². The molecule has 1 atom stereocenters. The number of imidazole rings is 1. The standard InChI is InChI=1S/C27H27N5O4/c1-35-17-5-8-24(33)30-16-14-20(18-30)31-23-13-15-29-26(28)25(23)32(27(31)34)19-9-11-22(12-10-19)36-21-6-3-2-4-7-21/h2-13,15,20H,14,16-18H2,1H3,(H2,28,29)/b8-5+. The van der Waals surface area contributed by atoms with E-state index in [1.165, 1.54) is 6.08 Å². The number of hydrogen-bond donors (Lipinski definition) is 1. The summed E-state index contributed by atoms with van der Waals surface area (Å²) < 4.78 is 14.2. The molecule has 1 saturated heterocycles. The van der Waals surface area contributed by atoms with Gasteiger partial charge in [0, 0.05) is 32.5 Å². The molecule has 2 N–H and O–H groups in total. The zero-order valence-electron chi connectivity index (χ0n) is 19.9. The maximum atomic E-state index is 13.8. The maximum absolute atomic E-state index is 13.8. The number of nitrogen functional groups attached to an aromatic ring is 1. The molecule has 36 heavy (non-hydrogen) atoms. The molecule has 4 aromatic rings. The second kappa shape index (κ2) is 10.1. The number of ether oxygens (including phenoxy) is 2. The number of aromatic nitrogens is 3. The highest BCUT2D eigenvalue weighted by Crippen LogP contribution is 2.29. The first-order chi connectivity index (χ1) is 17.6.